The van der Waals surface area contributed by atoms with E-state index < -0.39 is 30.0 Å². The zero-order valence-corrected chi connectivity index (χ0v) is 20.9. The molecule has 4 unspecified atom stereocenters. The summed E-state index contributed by atoms with van der Waals surface area (Å²) in [6, 6.07) is 7.06. The highest BCUT2D eigenvalue weighted by molar-refractivity contribution is 7.98. The molecule has 1 aromatic rings. The topological polar surface area (TPSA) is 108 Å². The van der Waals surface area contributed by atoms with Crippen LogP contribution in [0, 0.1) is 5.92 Å². The zero-order chi connectivity index (χ0) is 23.9. The fourth-order valence-electron chi connectivity index (χ4n) is 3.21. The lowest BCUT2D eigenvalue weighted by atomic mass is 9.97. The third-order valence-electron chi connectivity index (χ3n) is 5.34. The van der Waals surface area contributed by atoms with Gasteiger partial charge in [-0.3, -0.25) is 9.59 Å². The highest BCUT2D eigenvalue weighted by Gasteiger charge is 2.30. The van der Waals surface area contributed by atoms with Gasteiger partial charge in [0, 0.05) is 6.42 Å². The van der Waals surface area contributed by atoms with Crippen molar-refractivity contribution in [3.05, 3.63) is 35.9 Å². The van der Waals surface area contributed by atoms with Gasteiger partial charge in [-0.15, -0.1) is 0 Å². The molecule has 0 aliphatic rings. The Hall–Kier alpha value is -1.71. The first-order valence-electron chi connectivity index (χ1n) is 11.0. The Morgan fingerprint density at radius 1 is 1.09 bits per heavy atom. The molecule has 0 saturated carbocycles. The smallest absolute Gasteiger partial charge is 0.326 e. The molecule has 2 amide bonds. The van der Waals surface area contributed by atoms with E-state index >= 15 is 0 Å². The van der Waals surface area contributed by atoms with Gasteiger partial charge in [-0.05, 0) is 48.6 Å². The number of benzene rings is 1. The Kier molecular flexibility index (Phi) is 14.2. The number of thiol groups is 1. The standard InChI is InChI=1S/C23H37N3O4S2/c1-4-16(2)20(24-12-8-13-31)22(28)26-19(15-17-9-6-5-7-10-17)21(27)25-18(23(29)30)11-14-32-3/h5-7,9-10,16,18-20,24,31H,4,8,11-15H2,1-3H3,(H,25,27)(H,26,28)(H,29,30). The maximum atomic E-state index is 13.1. The predicted molar refractivity (Wildman–Crippen MR) is 134 cm³/mol. The number of aliphatic carboxylic acids is 1. The molecule has 0 aliphatic carbocycles. The van der Waals surface area contributed by atoms with Crippen molar-refractivity contribution in [2.45, 2.75) is 57.7 Å². The van der Waals surface area contributed by atoms with Gasteiger partial charge in [-0.25, -0.2) is 4.79 Å². The van der Waals surface area contributed by atoms with Gasteiger partial charge in [-0.1, -0.05) is 50.6 Å². The van der Waals surface area contributed by atoms with Gasteiger partial charge >= 0.3 is 5.97 Å². The first-order chi connectivity index (χ1) is 15.3. The average molecular weight is 484 g/mol. The van der Waals surface area contributed by atoms with Gasteiger partial charge in [0.15, 0.2) is 0 Å². The summed E-state index contributed by atoms with van der Waals surface area (Å²) in [6.45, 7) is 4.66. The van der Waals surface area contributed by atoms with Crippen LogP contribution in [0.1, 0.15) is 38.7 Å². The van der Waals surface area contributed by atoms with Crippen molar-refractivity contribution in [2.75, 3.05) is 24.3 Å². The molecule has 0 aliphatic heterocycles. The average Bonchev–Trinajstić information content (AvgIpc) is 2.78. The van der Waals surface area contributed by atoms with Crippen LogP contribution in [0.4, 0.5) is 0 Å². The van der Waals surface area contributed by atoms with Gasteiger partial charge in [-0.2, -0.15) is 24.4 Å². The maximum Gasteiger partial charge on any atom is 0.326 e. The second-order valence-electron chi connectivity index (χ2n) is 7.83. The van der Waals surface area contributed by atoms with E-state index in [1.807, 2.05) is 50.4 Å². The van der Waals surface area contributed by atoms with Gasteiger partial charge in [0.05, 0.1) is 6.04 Å². The summed E-state index contributed by atoms with van der Waals surface area (Å²) in [5.41, 5.74) is 0.882. The molecule has 1 rings (SSSR count). The highest BCUT2D eigenvalue weighted by atomic mass is 32.2. The lowest BCUT2D eigenvalue weighted by Crippen LogP contribution is -2.57. The molecule has 9 heteroatoms. The number of carboxylic acid groups (broad SMARTS) is 1. The van der Waals surface area contributed by atoms with E-state index in [2.05, 4.69) is 28.6 Å². The Bertz CT molecular complexity index is 706. The Morgan fingerprint density at radius 2 is 1.75 bits per heavy atom. The summed E-state index contributed by atoms with van der Waals surface area (Å²) < 4.78 is 0. The molecule has 0 radical (unpaired) electrons. The predicted octanol–water partition coefficient (Wildman–Crippen LogP) is 2.36. The molecule has 0 fully saturated rings. The number of carboxylic acids is 1. The van der Waals surface area contributed by atoms with E-state index in [1.165, 1.54) is 11.8 Å². The van der Waals surface area contributed by atoms with Gasteiger partial charge < -0.3 is 21.1 Å². The summed E-state index contributed by atoms with van der Waals surface area (Å²) >= 11 is 5.73. The monoisotopic (exact) mass is 483 g/mol. The third-order valence-corrected chi connectivity index (χ3v) is 6.30. The van der Waals surface area contributed by atoms with Crippen molar-refractivity contribution < 1.29 is 19.5 Å². The molecule has 0 heterocycles. The Balaban J connectivity index is 3.01. The summed E-state index contributed by atoms with van der Waals surface area (Å²) in [5.74, 6) is -0.433. The second kappa shape index (κ2) is 16.0. The van der Waals surface area contributed by atoms with Crippen molar-refractivity contribution in [3.8, 4) is 0 Å². The van der Waals surface area contributed by atoms with Crippen LogP contribution in [0.2, 0.25) is 0 Å². The van der Waals surface area contributed by atoms with Crippen LogP contribution in [0.25, 0.3) is 0 Å². The van der Waals surface area contributed by atoms with Crippen LogP contribution in [-0.4, -0.2) is 65.3 Å². The first-order valence-corrected chi connectivity index (χ1v) is 13.1. The minimum Gasteiger partial charge on any atom is -0.480 e. The fraction of sp³-hybridized carbons (Fsp3) is 0.609. The molecular formula is C23H37N3O4S2. The van der Waals surface area contributed by atoms with Gasteiger partial charge in [0.25, 0.3) is 0 Å². The molecular weight excluding hydrogens is 446 g/mol. The molecule has 32 heavy (non-hydrogen) atoms. The van der Waals surface area contributed by atoms with Crippen molar-refractivity contribution >= 4 is 42.2 Å². The van der Waals surface area contributed by atoms with E-state index in [1.54, 1.807) is 0 Å². The molecule has 7 nitrogen and oxygen atoms in total. The van der Waals surface area contributed by atoms with Crippen LogP contribution in [0.5, 0.6) is 0 Å². The van der Waals surface area contributed by atoms with Gasteiger partial charge in [0.1, 0.15) is 12.1 Å². The van der Waals surface area contributed by atoms with E-state index in [0.29, 0.717) is 24.5 Å². The number of carbonyl (C=O) groups excluding carboxylic acids is 2. The number of hydrogen-bond donors (Lipinski definition) is 5. The Labute approximate surface area is 201 Å². The van der Waals surface area contributed by atoms with Crippen molar-refractivity contribution in [1.29, 1.82) is 0 Å². The normalized spacial score (nSPS) is 14.8. The summed E-state index contributed by atoms with van der Waals surface area (Å²) in [5, 5.41) is 18.3. The number of thioether (sulfide) groups is 1. The van der Waals surface area contributed by atoms with Crippen LogP contribution < -0.4 is 16.0 Å². The SMILES string of the molecule is CCC(C)C(NCCCS)C(=O)NC(Cc1ccccc1)C(=O)NC(CCSC)C(=O)O. The quantitative estimate of drug-likeness (QED) is 0.183. The number of rotatable bonds is 16. The van der Waals surface area contributed by atoms with E-state index in [-0.39, 0.29) is 18.2 Å². The van der Waals surface area contributed by atoms with E-state index in [0.717, 1.165) is 18.4 Å². The highest BCUT2D eigenvalue weighted by Crippen LogP contribution is 2.11. The Morgan fingerprint density at radius 3 is 2.31 bits per heavy atom. The van der Waals surface area contributed by atoms with Gasteiger partial charge in [0.2, 0.25) is 11.8 Å². The minimum atomic E-state index is -1.08. The number of carbonyl (C=O) groups is 3. The molecule has 0 spiro atoms. The number of nitrogens with one attached hydrogen (secondary N) is 3. The van der Waals surface area contributed by atoms with Crippen LogP contribution in [0.15, 0.2) is 30.3 Å². The molecule has 4 atom stereocenters. The molecule has 0 aromatic heterocycles. The number of amides is 2. The lowest BCUT2D eigenvalue weighted by molar-refractivity contribution is -0.142. The van der Waals surface area contributed by atoms with E-state index in [4.69, 9.17) is 0 Å². The summed E-state index contributed by atoms with van der Waals surface area (Å²) in [4.78, 5) is 37.8. The lowest BCUT2D eigenvalue weighted by Gasteiger charge is -2.27. The molecule has 0 saturated heterocycles. The first kappa shape index (κ1) is 28.3. The van der Waals surface area contributed by atoms with Crippen molar-refractivity contribution in [2.24, 2.45) is 5.92 Å². The minimum absolute atomic E-state index is 0.0729. The molecule has 4 N–H and O–H groups in total. The molecule has 180 valence electrons. The van der Waals surface area contributed by atoms with Crippen LogP contribution in [-0.2, 0) is 20.8 Å². The maximum absolute atomic E-state index is 13.1. The number of hydrogen-bond acceptors (Lipinski definition) is 6. The van der Waals surface area contributed by atoms with E-state index in [9.17, 15) is 19.5 Å². The van der Waals surface area contributed by atoms with Crippen molar-refractivity contribution in [3.63, 3.8) is 0 Å². The zero-order valence-electron chi connectivity index (χ0n) is 19.2. The molecule has 0 bridgehead atoms. The van der Waals surface area contributed by atoms with Crippen molar-refractivity contribution in [1.82, 2.24) is 16.0 Å². The largest absolute Gasteiger partial charge is 0.480 e. The third kappa shape index (κ3) is 10.3. The molecule has 1 aromatic carbocycles. The van der Waals surface area contributed by atoms with Crippen LogP contribution >= 0.6 is 24.4 Å². The van der Waals surface area contributed by atoms with Crippen LogP contribution in [0.3, 0.4) is 0 Å². The summed E-state index contributed by atoms with van der Waals surface area (Å²) in [6.07, 6.45) is 4.10. The second-order valence-corrected chi connectivity index (χ2v) is 9.26. The fourth-order valence-corrected chi connectivity index (χ4v) is 3.84. The summed E-state index contributed by atoms with van der Waals surface area (Å²) in [7, 11) is 0.